The van der Waals surface area contributed by atoms with Gasteiger partial charge in [0.15, 0.2) is 0 Å². The molecule has 0 bridgehead atoms. The number of hydrazine groups is 1. The second-order valence-corrected chi connectivity index (χ2v) is 6.51. The molecule has 3 nitrogen and oxygen atoms in total. The maximum Gasteiger partial charge on any atom is 0.257 e. The zero-order valence-corrected chi connectivity index (χ0v) is 14.4. The maximum atomic E-state index is 13.2. The number of rotatable bonds is 3. The summed E-state index contributed by atoms with van der Waals surface area (Å²) in [6.45, 7) is 4.12. The van der Waals surface area contributed by atoms with Crippen molar-refractivity contribution in [3.63, 3.8) is 0 Å². The second kappa shape index (κ2) is 6.10. The average Bonchev–Trinajstić information content (AvgIpc) is 2.90. The largest absolute Gasteiger partial charge is 0.291 e. The molecule has 1 aliphatic heterocycles. The molecule has 0 radical (unpaired) electrons. The monoisotopic (exact) mass is 328 g/mol. The Kier molecular flexibility index (Phi) is 3.77. The van der Waals surface area contributed by atoms with Gasteiger partial charge in [-0.2, -0.15) is 0 Å². The number of hydrogen-bond acceptors (Lipinski definition) is 2. The van der Waals surface area contributed by atoms with E-state index in [1.54, 1.807) is 5.01 Å². The van der Waals surface area contributed by atoms with Crippen LogP contribution in [-0.4, -0.2) is 5.91 Å². The fraction of sp³-hybridized carbons (Fsp3) is 0.136. The molecule has 1 heterocycles. The van der Waals surface area contributed by atoms with Gasteiger partial charge in [-0.05, 0) is 42.7 Å². The van der Waals surface area contributed by atoms with Crippen LogP contribution in [0.2, 0.25) is 0 Å². The summed E-state index contributed by atoms with van der Waals surface area (Å²) in [7, 11) is 0. The van der Waals surface area contributed by atoms with Gasteiger partial charge in [0.05, 0.1) is 17.3 Å². The van der Waals surface area contributed by atoms with Crippen LogP contribution in [0.1, 0.15) is 28.2 Å². The Bertz CT molecular complexity index is 934. The molecule has 1 N–H and O–H groups in total. The van der Waals surface area contributed by atoms with Crippen molar-refractivity contribution in [2.75, 3.05) is 10.4 Å². The minimum atomic E-state index is -0.268. The van der Waals surface area contributed by atoms with Crippen molar-refractivity contribution in [1.29, 1.82) is 0 Å². The van der Waals surface area contributed by atoms with E-state index in [1.165, 1.54) is 5.56 Å². The van der Waals surface area contributed by atoms with Crippen molar-refractivity contribution in [1.82, 2.24) is 0 Å². The van der Waals surface area contributed by atoms with Crippen molar-refractivity contribution in [2.24, 2.45) is 0 Å². The molecule has 124 valence electrons. The van der Waals surface area contributed by atoms with Crippen LogP contribution in [0, 0.1) is 13.8 Å². The Balaban J connectivity index is 1.75. The zero-order valence-electron chi connectivity index (χ0n) is 14.4. The van der Waals surface area contributed by atoms with Gasteiger partial charge in [-0.3, -0.25) is 10.2 Å². The Hall–Kier alpha value is -3.07. The predicted octanol–water partition coefficient (Wildman–Crippen LogP) is 4.81. The van der Waals surface area contributed by atoms with E-state index in [-0.39, 0.29) is 11.8 Å². The van der Waals surface area contributed by atoms with Crippen LogP contribution in [-0.2, 0) is 4.79 Å². The molecule has 3 heteroatoms. The fourth-order valence-corrected chi connectivity index (χ4v) is 3.46. The average molecular weight is 328 g/mol. The first-order valence-electron chi connectivity index (χ1n) is 8.47. The number of fused-ring (bicyclic) bond motifs is 1. The lowest BCUT2D eigenvalue weighted by atomic mass is 9.93. The molecule has 3 aromatic rings. The quantitative estimate of drug-likeness (QED) is 0.748. The van der Waals surface area contributed by atoms with E-state index >= 15 is 0 Å². The number of amides is 1. The van der Waals surface area contributed by atoms with Crippen molar-refractivity contribution in [3.8, 4) is 0 Å². The van der Waals surface area contributed by atoms with E-state index in [0.29, 0.717) is 0 Å². The number of carbonyl (C=O) groups is 1. The van der Waals surface area contributed by atoms with Crippen LogP contribution < -0.4 is 10.4 Å². The lowest BCUT2D eigenvalue weighted by Crippen LogP contribution is -2.34. The standard InChI is InChI=1S/C22H20N2O/c1-15-12-13-19(16(2)14-15)23-24-20-11-7-6-10-18(20)21(22(24)25)17-8-4-3-5-9-17/h3-14,21,23H,1-2H3. The van der Waals surface area contributed by atoms with Crippen molar-refractivity contribution in [2.45, 2.75) is 19.8 Å². The molecule has 25 heavy (non-hydrogen) atoms. The number of hydrogen-bond donors (Lipinski definition) is 1. The van der Waals surface area contributed by atoms with Gasteiger partial charge in [-0.15, -0.1) is 0 Å². The van der Waals surface area contributed by atoms with E-state index < -0.39 is 0 Å². The molecule has 1 amide bonds. The van der Waals surface area contributed by atoms with Gasteiger partial charge in [0.25, 0.3) is 5.91 Å². The third-order valence-electron chi connectivity index (χ3n) is 4.70. The first-order valence-corrected chi connectivity index (χ1v) is 8.47. The predicted molar refractivity (Wildman–Crippen MR) is 102 cm³/mol. The molecule has 1 unspecified atom stereocenters. The lowest BCUT2D eigenvalue weighted by Gasteiger charge is -2.22. The topological polar surface area (TPSA) is 32.3 Å². The van der Waals surface area contributed by atoms with Crippen molar-refractivity contribution < 1.29 is 4.79 Å². The summed E-state index contributed by atoms with van der Waals surface area (Å²) in [5.41, 5.74) is 9.57. The molecule has 1 aliphatic rings. The molecule has 0 fully saturated rings. The maximum absolute atomic E-state index is 13.2. The van der Waals surface area contributed by atoms with Crippen LogP contribution in [0.3, 0.4) is 0 Å². The Morgan fingerprint density at radius 2 is 1.60 bits per heavy atom. The summed E-state index contributed by atoms with van der Waals surface area (Å²) in [6.07, 6.45) is 0. The molecule has 4 rings (SSSR count). The summed E-state index contributed by atoms with van der Waals surface area (Å²) in [6, 6.07) is 24.1. The summed E-state index contributed by atoms with van der Waals surface area (Å²) < 4.78 is 0. The number of para-hydroxylation sites is 1. The highest BCUT2D eigenvalue weighted by molar-refractivity contribution is 6.08. The summed E-state index contributed by atoms with van der Waals surface area (Å²) in [5, 5.41) is 1.69. The third-order valence-corrected chi connectivity index (χ3v) is 4.70. The van der Waals surface area contributed by atoms with Gasteiger partial charge in [-0.25, -0.2) is 5.01 Å². The van der Waals surface area contributed by atoms with Gasteiger partial charge in [0.2, 0.25) is 0 Å². The molecule has 0 spiro atoms. The molecular weight excluding hydrogens is 308 g/mol. The molecule has 0 aliphatic carbocycles. The first-order chi connectivity index (χ1) is 12.1. The van der Waals surface area contributed by atoms with E-state index in [2.05, 4.69) is 31.4 Å². The van der Waals surface area contributed by atoms with Gasteiger partial charge >= 0.3 is 0 Å². The number of benzene rings is 3. The van der Waals surface area contributed by atoms with Crippen molar-refractivity contribution >= 4 is 17.3 Å². The highest BCUT2D eigenvalue weighted by Gasteiger charge is 2.38. The van der Waals surface area contributed by atoms with Gasteiger partial charge in [-0.1, -0.05) is 66.2 Å². The highest BCUT2D eigenvalue weighted by atomic mass is 16.2. The molecular formula is C22H20N2O. The van der Waals surface area contributed by atoms with Gasteiger partial charge in [0, 0.05) is 0 Å². The van der Waals surface area contributed by atoms with E-state index in [9.17, 15) is 4.79 Å². The summed E-state index contributed by atoms with van der Waals surface area (Å²) in [5.74, 6) is -0.219. The van der Waals surface area contributed by atoms with Crippen LogP contribution in [0.25, 0.3) is 0 Å². The first kappa shape index (κ1) is 15.5. The van der Waals surface area contributed by atoms with E-state index in [1.807, 2.05) is 60.7 Å². The van der Waals surface area contributed by atoms with Crippen LogP contribution in [0.15, 0.2) is 72.8 Å². The SMILES string of the molecule is Cc1ccc(NN2C(=O)C(c3ccccc3)c3ccccc32)c(C)c1. The van der Waals surface area contributed by atoms with Gasteiger partial charge < -0.3 is 0 Å². The Morgan fingerprint density at radius 3 is 2.36 bits per heavy atom. The minimum Gasteiger partial charge on any atom is -0.291 e. The third kappa shape index (κ3) is 2.68. The minimum absolute atomic E-state index is 0.0485. The highest BCUT2D eigenvalue weighted by Crippen LogP contribution is 2.41. The lowest BCUT2D eigenvalue weighted by molar-refractivity contribution is -0.118. The smallest absolute Gasteiger partial charge is 0.257 e. The number of anilines is 2. The number of carbonyl (C=O) groups excluding carboxylic acids is 1. The second-order valence-electron chi connectivity index (χ2n) is 6.51. The zero-order chi connectivity index (χ0) is 17.4. The Labute approximate surface area is 147 Å². The van der Waals surface area contributed by atoms with E-state index in [0.717, 1.165) is 28.1 Å². The normalized spacial score (nSPS) is 16.0. The van der Waals surface area contributed by atoms with Crippen molar-refractivity contribution in [3.05, 3.63) is 95.1 Å². The van der Waals surface area contributed by atoms with Crippen LogP contribution >= 0.6 is 0 Å². The molecule has 0 aromatic heterocycles. The Morgan fingerprint density at radius 1 is 0.880 bits per heavy atom. The summed E-state index contributed by atoms with van der Waals surface area (Å²) in [4.78, 5) is 13.2. The van der Waals surface area contributed by atoms with E-state index in [4.69, 9.17) is 0 Å². The molecule has 0 saturated carbocycles. The van der Waals surface area contributed by atoms with Gasteiger partial charge in [0.1, 0.15) is 0 Å². The molecule has 3 aromatic carbocycles. The van der Waals surface area contributed by atoms with Crippen LogP contribution in [0.5, 0.6) is 0 Å². The number of nitrogens with zero attached hydrogens (tertiary/aromatic N) is 1. The molecule has 0 saturated heterocycles. The van der Waals surface area contributed by atoms with Crippen LogP contribution in [0.4, 0.5) is 11.4 Å². The summed E-state index contributed by atoms with van der Waals surface area (Å²) >= 11 is 0. The fourth-order valence-electron chi connectivity index (χ4n) is 3.46. The number of aryl methyl sites for hydroxylation is 2. The number of nitrogens with one attached hydrogen (secondary N) is 1. The molecule has 1 atom stereocenters.